The second-order valence-electron chi connectivity index (χ2n) is 4.34. The van der Waals surface area contributed by atoms with Gasteiger partial charge in [0.25, 0.3) is 0 Å². The van der Waals surface area contributed by atoms with Crippen LogP contribution in [0.3, 0.4) is 0 Å². The second-order valence-corrected chi connectivity index (χ2v) is 4.34. The number of hydrogen-bond acceptors (Lipinski definition) is 3. The maximum Gasteiger partial charge on any atom is 0.240 e. The largest absolute Gasteiger partial charge is 0.399 e. The molecule has 0 aliphatic heterocycles. The first kappa shape index (κ1) is 12.4. The van der Waals surface area contributed by atoms with Gasteiger partial charge >= 0.3 is 0 Å². The van der Waals surface area contributed by atoms with E-state index >= 15 is 0 Å². The second kappa shape index (κ2) is 4.88. The van der Waals surface area contributed by atoms with E-state index in [0.29, 0.717) is 5.69 Å². The zero-order chi connectivity index (χ0) is 12.3. The van der Waals surface area contributed by atoms with Crippen molar-refractivity contribution in [2.24, 2.45) is 11.7 Å². The number of primary amides is 1. The van der Waals surface area contributed by atoms with Gasteiger partial charge in [-0.2, -0.15) is 0 Å². The van der Waals surface area contributed by atoms with Crippen LogP contribution in [-0.2, 0) is 4.79 Å². The van der Waals surface area contributed by atoms with E-state index in [4.69, 9.17) is 11.5 Å². The Kier molecular flexibility index (Phi) is 3.77. The standard InChI is InChI=1S/C12H19N3O/c1-7(2)11(12(14)16)15-10-5-4-9(13)6-8(10)3/h4-7,11,15H,13H2,1-3H3,(H2,14,16). The summed E-state index contributed by atoms with van der Waals surface area (Å²) in [5, 5.41) is 3.14. The number of rotatable bonds is 4. The molecule has 1 rings (SSSR count). The number of nitrogens with two attached hydrogens (primary N) is 2. The molecule has 0 saturated carbocycles. The number of nitrogens with one attached hydrogen (secondary N) is 1. The number of aryl methyl sites for hydroxylation is 1. The summed E-state index contributed by atoms with van der Waals surface area (Å²) in [6.07, 6.45) is 0. The lowest BCUT2D eigenvalue weighted by Gasteiger charge is -2.21. The van der Waals surface area contributed by atoms with Crippen molar-refractivity contribution in [3.05, 3.63) is 23.8 Å². The minimum Gasteiger partial charge on any atom is -0.399 e. The van der Waals surface area contributed by atoms with E-state index in [-0.39, 0.29) is 17.9 Å². The van der Waals surface area contributed by atoms with Gasteiger partial charge in [-0.15, -0.1) is 0 Å². The van der Waals surface area contributed by atoms with Crippen molar-refractivity contribution in [2.45, 2.75) is 26.8 Å². The van der Waals surface area contributed by atoms with E-state index in [1.807, 2.05) is 32.9 Å². The van der Waals surface area contributed by atoms with Crippen molar-refractivity contribution in [1.82, 2.24) is 0 Å². The number of anilines is 2. The highest BCUT2D eigenvalue weighted by atomic mass is 16.1. The highest BCUT2D eigenvalue weighted by molar-refractivity contribution is 5.83. The van der Waals surface area contributed by atoms with Crippen molar-refractivity contribution in [3.8, 4) is 0 Å². The molecule has 1 aromatic rings. The summed E-state index contributed by atoms with van der Waals surface area (Å²) in [6.45, 7) is 5.85. The Morgan fingerprint density at radius 3 is 2.44 bits per heavy atom. The average molecular weight is 221 g/mol. The first-order valence-electron chi connectivity index (χ1n) is 5.33. The Balaban J connectivity index is 2.90. The van der Waals surface area contributed by atoms with E-state index in [0.717, 1.165) is 11.3 Å². The molecule has 4 heteroatoms. The van der Waals surface area contributed by atoms with Gasteiger partial charge in [0, 0.05) is 11.4 Å². The van der Waals surface area contributed by atoms with E-state index in [2.05, 4.69) is 5.32 Å². The fourth-order valence-electron chi connectivity index (χ4n) is 1.58. The van der Waals surface area contributed by atoms with Crippen LogP contribution in [0.1, 0.15) is 19.4 Å². The van der Waals surface area contributed by atoms with Gasteiger partial charge in [0.1, 0.15) is 6.04 Å². The molecule has 0 saturated heterocycles. The summed E-state index contributed by atoms with van der Waals surface area (Å²) >= 11 is 0. The van der Waals surface area contributed by atoms with Gasteiger partial charge in [-0.25, -0.2) is 0 Å². The Labute approximate surface area is 96.0 Å². The Morgan fingerprint density at radius 1 is 1.38 bits per heavy atom. The van der Waals surface area contributed by atoms with Crippen LogP contribution in [0.4, 0.5) is 11.4 Å². The maximum atomic E-state index is 11.3. The van der Waals surface area contributed by atoms with Crippen molar-refractivity contribution in [1.29, 1.82) is 0 Å². The van der Waals surface area contributed by atoms with Crippen LogP contribution in [0.5, 0.6) is 0 Å². The fraction of sp³-hybridized carbons (Fsp3) is 0.417. The zero-order valence-corrected chi connectivity index (χ0v) is 9.95. The van der Waals surface area contributed by atoms with Crippen LogP contribution in [0.15, 0.2) is 18.2 Å². The molecule has 0 aliphatic carbocycles. The quantitative estimate of drug-likeness (QED) is 0.674. The molecular formula is C12H19N3O. The summed E-state index contributed by atoms with van der Waals surface area (Å²) < 4.78 is 0. The molecule has 5 N–H and O–H groups in total. The van der Waals surface area contributed by atoms with Crippen molar-refractivity contribution >= 4 is 17.3 Å². The minimum absolute atomic E-state index is 0.148. The molecule has 16 heavy (non-hydrogen) atoms. The molecule has 1 unspecified atom stereocenters. The Hall–Kier alpha value is -1.71. The summed E-state index contributed by atoms with van der Waals surface area (Å²) in [5.41, 5.74) is 13.6. The van der Waals surface area contributed by atoms with Crippen LogP contribution in [0, 0.1) is 12.8 Å². The first-order chi connectivity index (χ1) is 7.41. The average Bonchev–Trinajstić information content (AvgIpc) is 2.15. The molecule has 4 nitrogen and oxygen atoms in total. The zero-order valence-electron chi connectivity index (χ0n) is 9.95. The first-order valence-corrected chi connectivity index (χ1v) is 5.33. The summed E-state index contributed by atoms with van der Waals surface area (Å²) in [5.74, 6) is -0.194. The number of nitrogen functional groups attached to an aromatic ring is 1. The lowest BCUT2D eigenvalue weighted by molar-refractivity contribution is -0.119. The third-order valence-electron chi connectivity index (χ3n) is 2.53. The monoisotopic (exact) mass is 221 g/mol. The van der Waals surface area contributed by atoms with E-state index in [9.17, 15) is 4.79 Å². The number of carbonyl (C=O) groups is 1. The van der Waals surface area contributed by atoms with Crippen molar-refractivity contribution in [2.75, 3.05) is 11.1 Å². The molecule has 1 amide bonds. The van der Waals surface area contributed by atoms with Gasteiger partial charge in [0.2, 0.25) is 5.91 Å². The molecule has 0 spiro atoms. The van der Waals surface area contributed by atoms with Crippen LogP contribution >= 0.6 is 0 Å². The van der Waals surface area contributed by atoms with Crippen LogP contribution in [-0.4, -0.2) is 11.9 Å². The summed E-state index contributed by atoms with van der Waals surface area (Å²) in [7, 11) is 0. The Bertz CT molecular complexity index is 388. The molecule has 1 aromatic carbocycles. The highest BCUT2D eigenvalue weighted by Gasteiger charge is 2.19. The maximum absolute atomic E-state index is 11.3. The van der Waals surface area contributed by atoms with Crippen molar-refractivity contribution < 1.29 is 4.79 Å². The smallest absolute Gasteiger partial charge is 0.240 e. The fourth-order valence-corrected chi connectivity index (χ4v) is 1.58. The highest BCUT2D eigenvalue weighted by Crippen LogP contribution is 2.20. The van der Waals surface area contributed by atoms with Crippen LogP contribution < -0.4 is 16.8 Å². The van der Waals surface area contributed by atoms with E-state index in [1.165, 1.54) is 0 Å². The van der Waals surface area contributed by atoms with Crippen LogP contribution in [0.2, 0.25) is 0 Å². The van der Waals surface area contributed by atoms with Gasteiger partial charge < -0.3 is 16.8 Å². The summed E-state index contributed by atoms with van der Waals surface area (Å²) in [6, 6.07) is 5.17. The predicted octanol–water partition coefficient (Wildman–Crippen LogP) is 1.50. The number of carbonyl (C=O) groups excluding carboxylic acids is 1. The molecule has 0 aliphatic rings. The predicted molar refractivity (Wildman–Crippen MR) is 67.0 cm³/mol. The molecule has 0 heterocycles. The third kappa shape index (κ3) is 2.89. The summed E-state index contributed by atoms with van der Waals surface area (Å²) in [4.78, 5) is 11.3. The molecule has 0 radical (unpaired) electrons. The van der Waals surface area contributed by atoms with E-state index in [1.54, 1.807) is 6.07 Å². The molecular weight excluding hydrogens is 202 g/mol. The van der Waals surface area contributed by atoms with Gasteiger partial charge in [-0.05, 0) is 36.6 Å². The SMILES string of the molecule is Cc1cc(N)ccc1NC(C(N)=O)C(C)C. The van der Waals surface area contributed by atoms with Crippen molar-refractivity contribution in [3.63, 3.8) is 0 Å². The Morgan fingerprint density at radius 2 is 2.00 bits per heavy atom. The van der Waals surface area contributed by atoms with E-state index < -0.39 is 0 Å². The molecule has 0 aromatic heterocycles. The minimum atomic E-state index is -0.359. The normalized spacial score (nSPS) is 12.5. The molecule has 88 valence electrons. The van der Waals surface area contributed by atoms with Gasteiger partial charge in [-0.3, -0.25) is 4.79 Å². The topological polar surface area (TPSA) is 81.1 Å². The van der Waals surface area contributed by atoms with Gasteiger partial charge in [-0.1, -0.05) is 13.8 Å². The molecule has 0 bridgehead atoms. The number of hydrogen-bond donors (Lipinski definition) is 3. The third-order valence-corrected chi connectivity index (χ3v) is 2.53. The lowest BCUT2D eigenvalue weighted by atomic mass is 10.0. The van der Waals surface area contributed by atoms with Gasteiger partial charge in [0.05, 0.1) is 0 Å². The number of amides is 1. The van der Waals surface area contributed by atoms with Gasteiger partial charge in [0.15, 0.2) is 0 Å². The molecule has 0 fully saturated rings. The lowest BCUT2D eigenvalue weighted by Crippen LogP contribution is -2.39. The molecule has 1 atom stereocenters. The number of benzene rings is 1. The van der Waals surface area contributed by atoms with Crippen LogP contribution in [0.25, 0.3) is 0 Å².